The molecule has 0 aliphatic heterocycles. The molecule has 1 aliphatic carbocycles. The van der Waals surface area contributed by atoms with Gasteiger partial charge in [0, 0.05) is 12.6 Å². The van der Waals surface area contributed by atoms with Gasteiger partial charge in [0.05, 0.1) is 10.9 Å². The molecule has 1 saturated carbocycles. The smallest absolute Gasteiger partial charge is 0.331 e. The fourth-order valence-electron chi connectivity index (χ4n) is 3.54. The monoisotopic (exact) mass is 343 g/mol. The van der Waals surface area contributed by atoms with Crippen LogP contribution in [-0.4, -0.2) is 21.1 Å². The van der Waals surface area contributed by atoms with Crippen molar-refractivity contribution in [3.05, 3.63) is 45.1 Å². The summed E-state index contributed by atoms with van der Waals surface area (Å²) < 4.78 is 2.67. The highest BCUT2D eigenvalue weighted by Gasteiger charge is 2.19. The number of aromatic nitrogens is 2. The van der Waals surface area contributed by atoms with Gasteiger partial charge in [0.1, 0.15) is 6.54 Å². The Morgan fingerprint density at radius 1 is 1.16 bits per heavy atom. The zero-order chi connectivity index (χ0) is 18.0. The van der Waals surface area contributed by atoms with Crippen molar-refractivity contribution in [1.82, 2.24) is 14.5 Å². The number of fused-ring (bicyclic) bond motifs is 1. The zero-order valence-corrected chi connectivity index (χ0v) is 14.8. The van der Waals surface area contributed by atoms with E-state index in [4.69, 9.17) is 0 Å². The molecule has 1 aromatic carbocycles. The molecule has 0 saturated heterocycles. The Labute approximate surface area is 146 Å². The fourth-order valence-corrected chi connectivity index (χ4v) is 3.54. The second-order valence-corrected chi connectivity index (χ2v) is 7.24. The molecule has 25 heavy (non-hydrogen) atoms. The van der Waals surface area contributed by atoms with Crippen LogP contribution in [0.25, 0.3) is 10.9 Å². The van der Waals surface area contributed by atoms with Gasteiger partial charge >= 0.3 is 5.69 Å². The van der Waals surface area contributed by atoms with Gasteiger partial charge in [0.15, 0.2) is 0 Å². The molecule has 1 aliphatic rings. The van der Waals surface area contributed by atoms with Gasteiger partial charge in [0.2, 0.25) is 5.91 Å². The van der Waals surface area contributed by atoms with Gasteiger partial charge in [-0.25, -0.2) is 4.79 Å². The van der Waals surface area contributed by atoms with Gasteiger partial charge in [-0.05, 0) is 30.9 Å². The molecule has 1 N–H and O–H groups in total. The lowest BCUT2D eigenvalue weighted by Crippen LogP contribution is -2.44. The van der Waals surface area contributed by atoms with Crippen LogP contribution in [0.4, 0.5) is 0 Å². The van der Waals surface area contributed by atoms with E-state index in [-0.39, 0.29) is 30.0 Å². The highest BCUT2D eigenvalue weighted by Crippen LogP contribution is 2.17. The Morgan fingerprint density at radius 2 is 1.84 bits per heavy atom. The lowest BCUT2D eigenvalue weighted by molar-refractivity contribution is -0.122. The van der Waals surface area contributed by atoms with Crippen LogP contribution in [0.15, 0.2) is 33.9 Å². The van der Waals surface area contributed by atoms with Gasteiger partial charge < -0.3 is 5.32 Å². The number of carbonyl (C=O) groups excluding carboxylic acids is 1. The van der Waals surface area contributed by atoms with Gasteiger partial charge in [-0.1, -0.05) is 38.8 Å². The molecule has 0 atom stereocenters. The first kappa shape index (κ1) is 17.5. The Bertz CT molecular complexity index is 889. The first-order chi connectivity index (χ1) is 12.0. The first-order valence-electron chi connectivity index (χ1n) is 8.99. The van der Waals surface area contributed by atoms with Crippen LogP contribution >= 0.6 is 0 Å². The molecule has 2 aromatic rings. The number of hydrogen-bond acceptors (Lipinski definition) is 3. The lowest BCUT2D eigenvalue weighted by Gasteiger charge is -2.16. The lowest BCUT2D eigenvalue weighted by atomic mass is 10.2. The number of nitrogens with one attached hydrogen (secondary N) is 1. The minimum absolute atomic E-state index is 0.0613. The van der Waals surface area contributed by atoms with Crippen LogP contribution in [-0.2, 0) is 17.9 Å². The molecule has 3 rings (SSSR count). The van der Waals surface area contributed by atoms with Crippen LogP contribution in [0.2, 0.25) is 0 Å². The Kier molecular flexibility index (Phi) is 5.06. The predicted octanol–water partition coefficient (Wildman–Crippen LogP) is 1.88. The number of rotatable bonds is 5. The molecule has 0 radical (unpaired) electrons. The number of nitrogens with zero attached hydrogens (tertiary/aromatic N) is 2. The van der Waals surface area contributed by atoms with E-state index in [2.05, 4.69) is 5.32 Å². The average Bonchev–Trinajstić information content (AvgIpc) is 3.08. The van der Waals surface area contributed by atoms with Crippen molar-refractivity contribution < 1.29 is 4.79 Å². The van der Waals surface area contributed by atoms with Gasteiger partial charge in [0.25, 0.3) is 5.56 Å². The maximum absolute atomic E-state index is 12.9. The molecule has 0 unspecified atom stereocenters. The van der Waals surface area contributed by atoms with Crippen molar-refractivity contribution in [2.75, 3.05) is 0 Å². The van der Waals surface area contributed by atoms with Crippen molar-refractivity contribution in [1.29, 1.82) is 0 Å². The van der Waals surface area contributed by atoms with E-state index in [0.29, 0.717) is 17.4 Å². The minimum Gasteiger partial charge on any atom is -0.352 e. The van der Waals surface area contributed by atoms with Gasteiger partial charge in [-0.3, -0.25) is 18.7 Å². The number of hydrogen-bond donors (Lipinski definition) is 1. The standard InChI is InChI=1S/C19H25N3O3/c1-13(2)11-22-18(24)15-9-5-6-10-16(15)21(19(22)25)12-17(23)20-14-7-3-4-8-14/h5-6,9-10,13-14H,3-4,7-8,11-12H2,1-2H3,(H,20,23). The summed E-state index contributed by atoms with van der Waals surface area (Å²) in [4.78, 5) is 37.9. The maximum Gasteiger partial charge on any atom is 0.331 e. The molecule has 1 heterocycles. The molecule has 6 heteroatoms. The highest BCUT2D eigenvalue weighted by atomic mass is 16.2. The van der Waals surface area contributed by atoms with Crippen LogP contribution in [0.5, 0.6) is 0 Å². The zero-order valence-electron chi connectivity index (χ0n) is 14.8. The summed E-state index contributed by atoms with van der Waals surface area (Å²) in [6, 6.07) is 7.19. The van der Waals surface area contributed by atoms with E-state index in [1.165, 1.54) is 9.13 Å². The average molecular weight is 343 g/mol. The summed E-state index contributed by atoms with van der Waals surface area (Å²) in [6.07, 6.45) is 4.25. The van der Waals surface area contributed by atoms with Crippen LogP contribution in [0.3, 0.4) is 0 Å². The van der Waals surface area contributed by atoms with E-state index in [0.717, 1.165) is 25.7 Å². The molecule has 0 bridgehead atoms. The molecule has 1 aromatic heterocycles. The third-order valence-electron chi connectivity index (χ3n) is 4.70. The van der Waals surface area contributed by atoms with Gasteiger partial charge in [-0.2, -0.15) is 0 Å². The van der Waals surface area contributed by atoms with E-state index >= 15 is 0 Å². The molecule has 134 valence electrons. The SMILES string of the molecule is CC(C)Cn1c(=O)c2ccccc2n(CC(=O)NC2CCCC2)c1=O. The fraction of sp³-hybridized carbons (Fsp3) is 0.526. The molecule has 1 amide bonds. The quantitative estimate of drug-likeness (QED) is 0.901. The first-order valence-corrected chi connectivity index (χ1v) is 8.99. The Morgan fingerprint density at radius 3 is 2.52 bits per heavy atom. The van der Waals surface area contributed by atoms with Crippen molar-refractivity contribution >= 4 is 16.8 Å². The topological polar surface area (TPSA) is 73.1 Å². The van der Waals surface area contributed by atoms with Crippen molar-refractivity contribution in [3.63, 3.8) is 0 Å². The van der Waals surface area contributed by atoms with Crippen LogP contribution < -0.4 is 16.6 Å². The molecular weight excluding hydrogens is 318 g/mol. The van der Waals surface area contributed by atoms with Crippen LogP contribution in [0.1, 0.15) is 39.5 Å². The largest absolute Gasteiger partial charge is 0.352 e. The van der Waals surface area contributed by atoms with Gasteiger partial charge in [-0.15, -0.1) is 0 Å². The summed E-state index contributed by atoms with van der Waals surface area (Å²) >= 11 is 0. The minimum atomic E-state index is -0.418. The van der Waals surface area contributed by atoms with E-state index < -0.39 is 5.69 Å². The highest BCUT2D eigenvalue weighted by molar-refractivity contribution is 5.81. The molecule has 1 fully saturated rings. The number of amides is 1. The van der Waals surface area contributed by atoms with Crippen molar-refractivity contribution in [2.45, 2.75) is 58.7 Å². The Balaban J connectivity index is 2.02. The number of para-hydroxylation sites is 1. The number of benzene rings is 1. The second-order valence-electron chi connectivity index (χ2n) is 7.24. The van der Waals surface area contributed by atoms with E-state index in [1.807, 2.05) is 13.8 Å². The van der Waals surface area contributed by atoms with Crippen molar-refractivity contribution in [2.24, 2.45) is 5.92 Å². The summed E-state index contributed by atoms with van der Waals surface area (Å²) in [5, 5.41) is 3.48. The predicted molar refractivity (Wildman–Crippen MR) is 97.7 cm³/mol. The second kappa shape index (κ2) is 7.25. The molecule has 0 spiro atoms. The normalized spacial score (nSPS) is 15.2. The van der Waals surface area contributed by atoms with E-state index in [9.17, 15) is 14.4 Å². The molecule has 6 nitrogen and oxygen atoms in total. The van der Waals surface area contributed by atoms with Crippen LogP contribution in [0, 0.1) is 5.92 Å². The number of carbonyl (C=O) groups is 1. The third kappa shape index (κ3) is 3.67. The summed E-state index contributed by atoms with van der Waals surface area (Å²) in [6.45, 7) is 4.19. The Hall–Kier alpha value is -2.37. The third-order valence-corrected chi connectivity index (χ3v) is 4.70. The summed E-state index contributed by atoms with van der Waals surface area (Å²) in [7, 11) is 0. The summed E-state index contributed by atoms with van der Waals surface area (Å²) in [5.74, 6) is -0.0128. The van der Waals surface area contributed by atoms with E-state index in [1.54, 1.807) is 24.3 Å². The summed E-state index contributed by atoms with van der Waals surface area (Å²) in [5.41, 5.74) is -0.195. The maximum atomic E-state index is 12.9. The van der Waals surface area contributed by atoms with Crippen molar-refractivity contribution in [3.8, 4) is 0 Å². The molecular formula is C19H25N3O3.